The van der Waals surface area contributed by atoms with Crippen LogP contribution in [0.25, 0.3) is 0 Å². The molecule has 118 valence electrons. The fourth-order valence-corrected chi connectivity index (χ4v) is 2.40. The monoisotopic (exact) mass is 308 g/mol. The topological polar surface area (TPSA) is 119 Å². The van der Waals surface area contributed by atoms with Gasteiger partial charge in [0, 0.05) is 12.1 Å². The Morgan fingerprint density at radius 1 is 1.36 bits per heavy atom. The highest BCUT2D eigenvalue weighted by molar-refractivity contribution is 5.89. The first-order valence-corrected chi connectivity index (χ1v) is 6.91. The minimum absolute atomic E-state index is 0.128. The Hall–Kier alpha value is -2.64. The molecule has 0 spiro atoms. The summed E-state index contributed by atoms with van der Waals surface area (Å²) in [6.45, 7) is -0.343. The van der Waals surface area contributed by atoms with Crippen LogP contribution in [0.15, 0.2) is 18.2 Å². The standard InChI is InChI=1S/C14H16N2O6/c17-13(15-10-3-1-2-4-10)8-22-12-6-5-9(14(18)19)7-11(12)16(20)21/h5-7,10H,1-4,8H2,(H,15,17)(H,18,19). The number of nitro benzene ring substituents is 1. The molecule has 2 N–H and O–H groups in total. The SMILES string of the molecule is O=C(COc1ccc(C(=O)O)cc1[N+](=O)[O-])NC1CCCC1. The van der Waals surface area contributed by atoms with Gasteiger partial charge in [0.25, 0.3) is 5.91 Å². The van der Waals surface area contributed by atoms with Crippen LogP contribution in [0.2, 0.25) is 0 Å². The molecule has 1 aliphatic carbocycles. The summed E-state index contributed by atoms with van der Waals surface area (Å²) in [5, 5.41) is 22.6. The molecule has 0 heterocycles. The van der Waals surface area contributed by atoms with Crippen molar-refractivity contribution in [3.63, 3.8) is 0 Å². The van der Waals surface area contributed by atoms with Gasteiger partial charge >= 0.3 is 11.7 Å². The van der Waals surface area contributed by atoms with E-state index in [1.807, 2.05) is 0 Å². The molecular weight excluding hydrogens is 292 g/mol. The van der Waals surface area contributed by atoms with Crippen molar-refractivity contribution in [2.75, 3.05) is 6.61 Å². The van der Waals surface area contributed by atoms with Crippen molar-refractivity contribution >= 4 is 17.6 Å². The number of ether oxygens (including phenoxy) is 1. The van der Waals surface area contributed by atoms with E-state index < -0.39 is 16.6 Å². The Balaban J connectivity index is 2.00. The summed E-state index contributed by atoms with van der Waals surface area (Å²) in [5.74, 6) is -1.74. The van der Waals surface area contributed by atoms with Gasteiger partial charge in [0.05, 0.1) is 10.5 Å². The van der Waals surface area contributed by atoms with Crippen molar-refractivity contribution < 1.29 is 24.4 Å². The van der Waals surface area contributed by atoms with Gasteiger partial charge < -0.3 is 15.2 Å². The summed E-state index contributed by atoms with van der Waals surface area (Å²) < 4.78 is 5.16. The maximum Gasteiger partial charge on any atom is 0.335 e. The number of amides is 1. The Morgan fingerprint density at radius 2 is 2.05 bits per heavy atom. The lowest BCUT2D eigenvalue weighted by atomic mass is 10.2. The van der Waals surface area contributed by atoms with Crippen LogP contribution in [0.1, 0.15) is 36.0 Å². The third-order valence-corrected chi connectivity index (χ3v) is 3.48. The lowest BCUT2D eigenvalue weighted by molar-refractivity contribution is -0.385. The molecule has 0 bridgehead atoms. The number of nitro groups is 1. The minimum atomic E-state index is -1.27. The van der Waals surface area contributed by atoms with Crippen molar-refractivity contribution in [1.29, 1.82) is 0 Å². The molecule has 0 unspecified atom stereocenters. The quantitative estimate of drug-likeness (QED) is 0.610. The number of hydrogen-bond acceptors (Lipinski definition) is 5. The van der Waals surface area contributed by atoms with Crippen molar-refractivity contribution in [2.24, 2.45) is 0 Å². The molecular formula is C14H16N2O6. The lowest BCUT2D eigenvalue weighted by Gasteiger charge is -2.12. The fourth-order valence-electron chi connectivity index (χ4n) is 2.40. The number of aromatic carboxylic acids is 1. The minimum Gasteiger partial charge on any atom is -0.478 e. The van der Waals surface area contributed by atoms with Crippen LogP contribution in [0.4, 0.5) is 5.69 Å². The van der Waals surface area contributed by atoms with Crippen LogP contribution in [0.5, 0.6) is 5.75 Å². The highest BCUT2D eigenvalue weighted by atomic mass is 16.6. The molecule has 8 nitrogen and oxygen atoms in total. The van der Waals surface area contributed by atoms with Gasteiger partial charge in [0.15, 0.2) is 12.4 Å². The second kappa shape index (κ2) is 6.88. The zero-order valence-electron chi connectivity index (χ0n) is 11.8. The van der Waals surface area contributed by atoms with E-state index in [0.717, 1.165) is 31.7 Å². The predicted molar refractivity (Wildman–Crippen MR) is 75.9 cm³/mol. The summed E-state index contributed by atoms with van der Waals surface area (Å²) in [4.78, 5) is 32.8. The van der Waals surface area contributed by atoms with Gasteiger partial charge in [0.2, 0.25) is 0 Å². The average Bonchev–Trinajstić information content (AvgIpc) is 2.97. The molecule has 1 aliphatic rings. The van der Waals surface area contributed by atoms with Gasteiger partial charge in [-0.1, -0.05) is 12.8 Å². The van der Waals surface area contributed by atoms with Crippen LogP contribution < -0.4 is 10.1 Å². The van der Waals surface area contributed by atoms with Crippen LogP contribution in [-0.2, 0) is 4.79 Å². The molecule has 1 aromatic rings. The second-order valence-electron chi connectivity index (χ2n) is 5.08. The molecule has 1 fully saturated rings. The zero-order chi connectivity index (χ0) is 16.1. The Morgan fingerprint density at radius 3 is 2.64 bits per heavy atom. The molecule has 0 aromatic heterocycles. The van der Waals surface area contributed by atoms with E-state index >= 15 is 0 Å². The third kappa shape index (κ3) is 3.94. The maximum atomic E-state index is 11.7. The van der Waals surface area contributed by atoms with Gasteiger partial charge in [-0.3, -0.25) is 14.9 Å². The van der Waals surface area contributed by atoms with E-state index in [9.17, 15) is 19.7 Å². The molecule has 1 saturated carbocycles. The van der Waals surface area contributed by atoms with Gasteiger partial charge in [-0.2, -0.15) is 0 Å². The molecule has 8 heteroatoms. The van der Waals surface area contributed by atoms with E-state index in [4.69, 9.17) is 9.84 Å². The van der Waals surface area contributed by atoms with Gasteiger partial charge in [-0.25, -0.2) is 4.79 Å². The van der Waals surface area contributed by atoms with E-state index in [1.54, 1.807) is 0 Å². The molecule has 22 heavy (non-hydrogen) atoms. The number of nitrogens with one attached hydrogen (secondary N) is 1. The molecule has 0 radical (unpaired) electrons. The number of hydrogen-bond donors (Lipinski definition) is 2. The van der Waals surface area contributed by atoms with Crippen LogP contribution in [0.3, 0.4) is 0 Å². The van der Waals surface area contributed by atoms with E-state index in [2.05, 4.69) is 5.32 Å². The van der Waals surface area contributed by atoms with Crippen LogP contribution in [-0.4, -0.2) is 34.6 Å². The highest BCUT2D eigenvalue weighted by Crippen LogP contribution is 2.28. The number of nitrogens with zero attached hydrogens (tertiary/aromatic N) is 1. The van der Waals surface area contributed by atoms with Gasteiger partial charge in [-0.05, 0) is 25.0 Å². The Bertz CT molecular complexity index is 595. The number of benzene rings is 1. The number of carbonyl (C=O) groups is 2. The third-order valence-electron chi connectivity index (χ3n) is 3.48. The summed E-state index contributed by atoms with van der Waals surface area (Å²) in [6, 6.07) is 3.43. The Labute approximate surface area is 126 Å². The summed E-state index contributed by atoms with van der Waals surface area (Å²) in [5.41, 5.74) is -0.692. The van der Waals surface area contributed by atoms with Crippen LogP contribution >= 0.6 is 0 Å². The summed E-state index contributed by atoms with van der Waals surface area (Å²) in [6.07, 6.45) is 4.01. The van der Waals surface area contributed by atoms with Crippen molar-refractivity contribution in [3.8, 4) is 5.75 Å². The normalized spacial score (nSPS) is 14.5. The number of carbonyl (C=O) groups excluding carboxylic acids is 1. The van der Waals surface area contributed by atoms with Gasteiger partial charge in [-0.15, -0.1) is 0 Å². The van der Waals surface area contributed by atoms with E-state index in [-0.39, 0.29) is 29.9 Å². The molecule has 1 aromatic carbocycles. The molecule has 0 atom stereocenters. The number of carboxylic acid groups (broad SMARTS) is 1. The maximum absolute atomic E-state index is 11.7. The van der Waals surface area contributed by atoms with Crippen molar-refractivity contribution in [3.05, 3.63) is 33.9 Å². The zero-order valence-corrected chi connectivity index (χ0v) is 11.8. The lowest BCUT2D eigenvalue weighted by Crippen LogP contribution is -2.36. The molecule has 0 aliphatic heterocycles. The summed E-state index contributed by atoms with van der Waals surface area (Å²) in [7, 11) is 0. The van der Waals surface area contributed by atoms with E-state index in [0.29, 0.717) is 0 Å². The van der Waals surface area contributed by atoms with Crippen molar-refractivity contribution in [2.45, 2.75) is 31.7 Å². The number of rotatable bonds is 6. The fraction of sp³-hybridized carbons (Fsp3) is 0.429. The largest absolute Gasteiger partial charge is 0.478 e. The van der Waals surface area contributed by atoms with Crippen molar-refractivity contribution in [1.82, 2.24) is 5.32 Å². The van der Waals surface area contributed by atoms with Gasteiger partial charge in [0.1, 0.15) is 0 Å². The predicted octanol–water partition coefficient (Wildman–Crippen LogP) is 1.73. The first-order chi connectivity index (χ1) is 10.5. The first kappa shape index (κ1) is 15.7. The average molecular weight is 308 g/mol. The van der Waals surface area contributed by atoms with E-state index in [1.165, 1.54) is 12.1 Å². The smallest absolute Gasteiger partial charge is 0.335 e. The van der Waals surface area contributed by atoms with Crippen LogP contribution in [0, 0.1) is 10.1 Å². The Kier molecular flexibility index (Phi) is 4.92. The second-order valence-corrected chi connectivity index (χ2v) is 5.08. The molecule has 0 saturated heterocycles. The first-order valence-electron chi connectivity index (χ1n) is 6.91. The number of carboxylic acids is 1. The molecule has 2 rings (SSSR count). The summed E-state index contributed by atoms with van der Waals surface area (Å²) >= 11 is 0. The molecule has 1 amide bonds. The highest BCUT2D eigenvalue weighted by Gasteiger charge is 2.21.